The molecule has 0 spiro atoms. The van der Waals surface area contributed by atoms with E-state index >= 15 is 0 Å². The van der Waals surface area contributed by atoms with E-state index in [9.17, 15) is 9.59 Å². The fourth-order valence-corrected chi connectivity index (χ4v) is 2.43. The van der Waals surface area contributed by atoms with Crippen LogP contribution in [-0.4, -0.2) is 40.0 Å². The minimum absolute atomic E-state index is 0.0367. The lowest BCUT2D eigenvalue weighted by Crippen LogP contribution is -2.30. The molecule has 0 saturated carbocycles. The lowest BCUT2D eigenvalue weighted by atomic mass is 10.1. The van der Waals surface area contributed by atoms with Crippen LogP contribution < -0.4 is 0 Å². The Morgan fingerprint density at radius 2 is 2.32 bits per heavy atom. The first-order valence-electron chi connectivity index (χ1n) is 6.46. The topological polar surface area (TPSA) is 70.5 Å². The third-order valence-corrected chi connectivity index (χ3v) is 3.54. The van der Waals surface area contributed by atoms with E-state index in [1.165, 1.54) is 0 Å². The van der Waals surface area contributed by atoms with Crippen molar-refractivity contribution in [2.75, 3.05) is 13.1 Å². The zero-order valence-electron chi connectivity index (χ0n) is 11.0. The summed E-state index contributed by atoms with van der Waals surface area (Å²) in [5.41, 5.74) is 1.81. The van der Waals surface area contributed by atoms with Crippen LogP contribution in [0.4, 0.5) is 0 Å². The number of aliphatic carboxylic acids is 1. The van der Waals surface area contributed by atoms with Crippen LogP contribution in [0.3, 0.4) is 0 Å². The predicted molar refractivity (Wildman–Crippen MR) is 69.6 cm³/mol. The highest BCUT2D eigenvalue weighted by Gasteiger charge is 2.27. The van der Waals surface area contributed by atoms with Gasteiger partial charge in [0, 0.05) is 25.7 Å². The first-order valence-corrected chi connectivity index (χ1v) is 6.46. The van der Waals surface area contributed by atoms with Crippen molar-refractivity contribution in [1.82, 2.24) is 9.88 Å². The fourth-order valence-electron chi connectivity index (χ4n) is 2.43. The number of carbonyl (C=O) groups excluding carboxylic acids is 1. The van der Waals surface area contributed by atoms with Gasteiger partial charge in [-0.2, -0.15) is 0 Å². The molecule has 0 bridgehead atoms. The number of carboxylic acids is 1. The van der Waals surface area contributed by atoms with Gasteiger partial charge in [-0.3, -0.25) is 14.6 Å². The molecule has 1 aromatic heterocycles. The molecule has 1 N–H and O–H groups in total. The third-order valence-electron chi connectivity index (χ3n) is 3.54. The summed E-state index contributed by atoms with van der Waals surface area (Å²) in [5.74, 6) is -0.666. The number of pyridine rings is 1. The van der Waals surface area contributed by atoms with E-state index in [1.807, 2.05) is 19.1 Å². The maximum Gasteiger partial charge on any atom is 0.303 e. The number of aromatic nitrogens is 1. The maximum absolute atomic E-state index is 12.1. The third kappa shape index (κ3) is 3.53. The molecule has 102 valence electrons. The number of hydrogen-bond acceptors (Lipinski definition) is 3. The molecular formula is C14H18N2O3. The number of aryl methyl sites for hydroxylation is 1. The highest BCUT2D eigenvalue weighted by molar-refractivity contribution is 5.79. The van der Waals surface area contributed by atoms with Crippen LogP contribution in [0.15, 0.2) is 18.3 Å². The van der Waals surface area contributed by atoms with Crippen LogP contribution in [0.2, 0.25) is 0 Å². The van der Waals surface area contributed by atoms with Crippen LogP contribution >= 0.6 is 0 Å². The minimum Gasteiger partial charge on any atom is -0.481 e. The summed E-state index contributed by atoms with van der Waals surface area (Å²) in [4.78, 5) is 28.8. The van der Waals surface area contributed by atoms with Crippen LogP contribution in [-0.2, 0) is 16.0 Å². The molecule has 1 saturated heterocycles. The van der Waals surface area contributed by atoms with Gasteiger partial charge in [0.25, 0.3) is 0 Å². The SMILES string of the molecule is Cc1cccnc1CC(=O)N1CCC(CC(=O)O)C1. The summed E-state index contributed by atoms with van der Waals surface area (Å²) in [7, 11) is 0. The number of amides is 1. The average molecular weight is 262 g/mol. The smallest absolute Gasteiger partial charge is 0.303 e. The molecule has 1 fully saturated rings. The van der Waals surface area contributed by atoms with Gasteiger partial charge in [0.2, 0.25) is 5.91 Å². The molecule has 19 heavy (non-hydrogen) atoms. The summed E-state index contributed by atoms with van der Waals surface area (Å²) in [6.45, 7) is 3.15. The molecule has 0 radical (unpaired) electrons. The quantitative estimate of drug-likeness (QED) is 0.886. The molecule has 2 heterocycles. The van der Waals surface area contributed by atoms with Crippen molar-refractivity contribution in [2.45, 2.75) is 26.2 Å². The molecule has 1 aromatic rings. The highest BCUT2D eigenvalue weighted by atomic mass is 16.4. The normalized spacial score (nSPS) is 18.6. The molecule has 1 unspecified atom stereocenters. The number of likely N-dealkylation sites (tertiary alicyclic amines) is 1. The Balaban J connectivity index is 1.91. The van der Waals surface area contributed by atoms with Gasteiger partial charge >= 0.3 is 5.97 Å². The molecule has 2 rings (SSSR count). The van der Waals surface area contributed by atoms with Gasteiger partial charge in [-0.05, 0) is 30.9 Å². The number of carbonyl (C=O) groups is 2. The van der Waals surface area contributed by atoms with Gasteiger partial charge in [-0.25, -0.2) is 0 Å². The number of hydrogen-bond donors (Lipinski definition) is 1. The zero-order chi connectivity index (χ0) is 13.8. The van der Waals surface area contributed by atoms with E-state index in [-0.39, 0.29) is 18.2 Å². The number of rotatable bonds is 4. The van der Waals surface area contributed by atoms with Crippen molar-refractivity contribution < 1.29 is 14.7 Å². The zero-order valence-corrected chi connectivity index (χ0v) is 11.0. The van der Waals surface area contributed by atoms with Crippen molar-refractivity contribution in [3.8, 4) is 0 Å². The average Bonchev–Trinajstić information content (AvgIpc) is 2.79. The second-order valence-electron chi connectivity index (χ2n) is 5.04. The Bertz CT molecular complexity index is 487. The van der Waals surface area contributed by atoms with Gasteiger partial charge in [0.1, 0.15) is 0 Å². The lowest BCUT2D eigenvalue weighted by molar-refractivity contribution is -0.138. The molecule has 5 heteroatoms. The minimum atomic E-state index is -0.792. The molecule has 1 aliphatic heterocycles. The standard InChI is InChI=1S/C14H18N2O3/c1-10-3-2-5-15-12(10)8-13(17)16-6-4-11(9-16)7-14(18)19/h2-3,5,11H,4,6-9H2,1H3,(H,18,19). The Morgan fingerprint density at radius 3 is 3.00 bits per heavy atom. The van der Waals surface area contributed by atoms with Crippen molar-refractivity contribution in [1.29, 1.82) is 0 Å². The van der Waals surface area contributed by atoms with Crippen molar-refractivity contribution in [2.24, 2.45) is 5.92 Å². The van der Waals surface area contributed by atoms with E-state index in [4.69, 9.17) is 5.11 Å². The summed E-state index contributed by atoms with van der Waals surface area (Å²) in [5, 5.41) is 8.76. The Labute approximate surface area is 112 Å². The fraction of sp³-hybridized carbons (Fsp3) is 0.500. The summed E-state index contributed by atoms with van der Waals surface area (Å²) < 4.78 is 0. The summed E-state index contributed by atoms with van der Waals surface area (Å²) in [6, 6.07) is 3.79. The number of carboxylic acid groups (broad SMARTS) is 1. The second-order valence-corrected chi connectivity index (χ2v) is 5.04. The Hall–Kier alpha value is -1.91. The molecule has 5 nitrogen and oxygen atoms in total. The van der Waals surface area contributed by atoms with Crippen LogP contribution in [0, 0.1) is 12.8 Å². The maximum atomic E-state index is 12.1. The molecule has 1 atom stereocenters. The van der Waals surface area contributed by atoms with E-state index in [0.717, 1.165) is 17.7 Å². The van der Waals surface area contributed by atoms with Crippen LogP contribution in [0.5, 0.6) is 0 Å². The van der Waals surface area contributed by atoms with Gasteiger partial charge in [0.05, 0.1) is 12.1 Å². The van der Waals surface area contributed by atoms with Crippen LogP contribution in [0.1, 0.15) is 24.1 Å². The highest BCUT2D eigenvalue weighted by Crippen LogP contribution is 2.20. The van der Waals surface area contributed by atoms with Crippen molar-refractivity contribution in [3.05, 3.63) is 29.6 Å². The second kappa shape index (κ2) is 5.82. The van der Waals surface area contributed by atoms with E-state index in [2.05, 4.69) is 4.98 Å². The largest absolute Gasteiger partial charge is 0.481 e. The Kier molecular flexibility index (Phi) is 4.14. The molecule has 0 aliphatic carbocycles. The molecule has 1 aliphatic rings. The van der Waals surface area contributed by atoms with E-state index in [0.29, 0.717) is 19.5 Å². The van der Waals surface area contributed by atoms with Gasteiger partial charge < -0.3 is 10.0 Å². The van der Waals surface area contributed by atoms with E-state index in [1.54, 1.807) is 11.1 Å². The monoisotopic (exact) mass is 262 g/mol. The predicted octanol–water partition coefficient (Wildman–Crippen LogP) is 1.26. The first kappa shape index (κ1) is 13.5. The van der Waals surface area contributed by atoms with E-state index < -0.39 is 5.97 Å². The van der Waals surface area contributed by atoms with Crippen LogP contribution in [0.25, 0.3) is 0 Å². The van der Waals surface area contributed by atoms with Crippen molar-refractivity contribution in [3.63, 3.8) is 0 Å². The molecular weight excluding hydrogens is 244 g/mol. The lowest BCUT2D eigenvalue weighted by Gasteiger charge is -2.16. The molecule has 1 amide bonds. The number of nitrogens with zero attached hydrogens (tertiary/aromatic N) is 2. The summed E-state index contributed by atoms with van der Waals surface area (Å²) in [6.07, 6.45) is 2.91. The van der Waals surface area contributed by atoms with Gasteiger partial charge in [-0.1, -0.05) is 6.07 Å². The first-order chi connectivity index (χ1) is 9.06. The van der Waals surface area contributed by atoms with Crippen molar-refractivity contribution >= 4 is 11.9 Å². The van der Waals surface area contributed by atoms with Gasteiger partial charge in [0.15, 0.2) is 0 Å². The summed E-state index contributed by atoms with van der Waals surface area (Å²) >= 11 is 0. The van der Waals surface area contributed by atoms with Gasteiger partial charge in [-0.15, -0.1) is 0 Å². The Morgan fingerprint density at radius 1 is 1.53 bits per heavy atom. The molecule has 0 aromatic carbocycles.